The number of nitrogens with one attached hydrogen (secondary N) is 3. The van der Waals surface area contributed by atoms with E-state index >= 15 is 0 Å². The van der Waals surface area contributed by atoms with Crippen LogP contribution in [-0.4, -0.2) is 67.0 Å². The van der Waals surface area contributed by atoms with Crippen molar-refractivity contribution in [3.8, 4) is 5.75 Å². The van der Waals surface area contributed by atoms with Crippen LogP contribution in [0.4, 0.5) is 4.39 Å². The van der Waals surface area contributed by atoms with Gasteiger partial charge in [-0.3, -0.25) is 14.4 Å². The van der Waals surface area contributed by atoms with Gasteiger partial charge in [0.05, 0.1) is 6.04 Å². The smallest absolute Gasteiger partial charge is 0.243 e. The highest BCUT2D eigenvalue weighted by Crippen LogP contribution is 2.33. The van der Waals surface area contributed by atoms with Crippen molar-refractivity contribution in [2.24, 2.45) is 5.92 Å². The van der Waals surface area contributed by atoms with Crippen LogP contribution in [0.3, 0.4) is 0 Å². The number of ether oxygens (including phenoxy) is 1. The Hall–Kier alpha value is -3.46. The summed E-state index contributed by atoms with van der Waals surface area (Å²) in [6.07, 6.45) is 3.06. The molecule has 0 radical (unpaired) electrons. The molecule has 2 aromatic rings. The standard InChI is InChI=1S/C31H41FN4O4/c1-19-7-9-22(10-8-19)16-26-30(38)33-15-5-6-23-13-14-25(32)17-27(23)40-20(2)18-34-28(24-11-12-24)31(39)36(4)21(3)29(37)35-26/h7-10,13-14,17,20-21,24,26,28,34H,5-6,11-12,15-16,18H2,1-4H3,(H,33,38)(H,35,37)/t20-,21-,26-,28+/m1/s1. The van der Waals surface area contributed by atoms with Gasteiger partial charge in [-0.05, 0) is 69.6 Å². The Morgan fingerprint density at radius 3 is 2.45 bits per heavy atom. The lowest BCUT2D eigenvalue weighted by Gasteiger charge is -2.31. The second-order valence-electron chi connectivity index (χ2n) is 11.2. The molecule has 0 saturated heterocycles. The fourth-order valence-corrected chi connectivity index (χ4v) is 4.94. The first-order chi connectivity index (χ1) is 19.1. The molecule has 2 aliphatic rings. The molecule has 4 rings (SSSR count). The van der Waals surface area contributed by atoms with Crippen LogP contribution >= 0.6 is 0 Å². The maximum Gasteiger partial charge on any atom is 0.243 e. The molecule has 216 valence electrons. The lowest BCUT2D eigenvalue weighted by molar-refractivity contribution is -0.141. The van der Waals surface area contributed by atoms with Crippen LogP contribution in [0.5, 0.6) is 5.75 Å². The molecule has 1 fully saturated rings. The average Bonchev–Trinajstić information content (AvgIpc) is 3.76. The number of carbonyl (C=O) groups is 3. The summed E-state index contributed by atoms with van der Waals surface area (Å²) in [6, 6.07) is 10.3. The van der Waals surface area contributed by atoms with Gasteiger partial charge in [0.2, 0.25) is 17.7 Å². The van der Waals surface area contributed by atoms with Gasteiger partial charge >= 0.3 is 0 Å². The Bertz CT molecular complexity index is 1200. The van der Waals surface area contributed by atoms with Gasteiger partial charge in [-0.25, -0.2) is 4.39 Å². The Balaban J connectivity index is 1.58. The van der Waals surface area contributed by atoms with E-state index in [4.69, 9.17) is 4.74 Å². The highest BCUT2D eigenvalue weighted by molar-refractivity contribution is 5.93. The topological polar surface area (TPSA) is 99.8 Å². The maximum atomic E-state index is 14.1. The van der Waals surface area contributed by atoms with Gasteiger partial charge < -0.3 is 25.6 Å². The summed E-state index contributed by atoms with van der Waals surface area (Å²) in [5.74, 6) is -0.585. The van der Waals surface area contributed by atoms with Crippen LogP contribution in [0, 0.1) is 18.7 Å². The van der Waals surface area contributed by atoms with Gasteiger partial charge in [-0.15, -0.1) is 0 Å². The number of benzene rings is 2. The first-order valence-corrected chi connectivity index (χ1v) is 14.2. The molecule has 9 heteroatoms. The van der Waals surface area contributed by atoms with E-state index in [0.717, 1.165) is 29.5 Å². The molecule has 0 aromatic heterocycles. The quantitative estimate of drug-likeness (QED) is 0.544. The number of nitrogens with zero attached hydrogens (tertiary/aromatic N) is 1. The second kappa shape index (κ2) is 13.3. The van der Waals surface area contributed by atoms with Gasteiger partial charge in [-0.1, -0.05) is 35.9 Å². The number of hydrogen-bond acceptors (Lipinski definition) is 5. The van der Waals surface area contributed by atoms with E-state index in [9.17, 15) is 18.8 Å². The fraction of sp³-hybridized carbons (Fsp3) is 0.516. The molecular weight excluding hydrogens is 511 g/mol. The number of rotatable bonds is 3. The van der Waals surface area contributed by atoms with E-state index < -0.39 is 18.1 Å². The summed E-state index contributed by atoms with van der Waals surface area (Å²) in [6.45, 7) is 6.32. The van der Waals surface area contributed by atoms with Crippen LogP contribution in [0.15, 0.2) is 42.5 Å². The minimum atomic E-state index is -0.803. The van der Waals surface area contributed by atoms with Gasteiger partial charge in [0.1, 0.15) is 29.8 Å². The SMILES string of the molecule is Cc1ccc(C[C@H]2NC(=O)[C@@H](C)N(C)C(=O)[C@H](C3CC3)NC[C@@H](C)Oc3cc(F)ccc3CCCNC2=O)cc1. The summed E-state index contributed by atoms with van der Waals surface area (Å²) in [7, 11) is 1.62. The molecule has 3 amide bonds. The fourth-order valence-electron chi connectivity index (χ4n) is 4.94. The molecule has 0 spiro atoms. The third-order valence-corrected chi connectivity index (χ3v) is 7.77. The molecule has 0 unspecified atom stereocenters. The molecular formula is C31H41FN4O4. The van der Waals surface area contributed by atoms with Gasteiger partial charge in [0.15, 0.2) is 0 Å². The Morgan fingerprint density at radius 1 is 1.02 bits per heavy atom. The van der Waals surface area contributed by atoms with Crippen molar-refractivity contribution >= 4 is 17.7 Å². The van der Waals surface area contributed by atoms with Crippen molar-refractivity contribution in [2.45, 2.75) is 77.1 Å². The van der Waals surface area contributed by atoms with Gasteiger partial charge in [0.25, 0.3) is 0 Å². The molecule has 0 bridgehead atoms. The van der Waals surface area contributed by atoms with E-state index in [0.29, 0.717) is 38.1 Å². The molecule has 3 N–H and O–H groups in total. The molecule has 1 saturated carbocycles. The number of fused-ring (bicyclic) bond motifs is 1. The normalized spacial score (nSPS) is 25.6. The number of hydrogen-bond donors (Lipinski definition) is 3. The minimum absolute atomic E-state index is 0.176. The average molecular weight is 553 g/mol. The van der Waals surface area contributed by atoms with Gasteiger partial charge in [-0.2, -0.15) is 0 Å². The van der Waals surface area contributed by atoms with Gasteiger partial charge in [0, 0.05) is 32.6 Å². The Labute approximate surface area is 236 Å². The van der Waals surface area contributed by atoms with Crippen LogP contribution in [0.2, 0.25) is 0 Å². The lowest BCUT2D eigenvalue weighted by atomic mass is 10.0. The minimum Gasteiger partial charge on any atom is -0.489 e. The zero-order chi connectivity index (χ0) is 28.8. The van der Waals surface area contributed by atoms with E-state index in [2.05, 4.69) is 16.0 Å². The molecule has 40 heavy (non-hydrogen) atoms. The molecule has 4 atom stereocenters. The lowest BCUT2D eigenvalue weighted by Crippen LogP contribution is -2.57. The van der Waals surface area contributed by atoms with E-state index in [1.165, 1.54) is 17.0 Å². The number of halogens is 1. The van der Waals surface area contributed by atoms with Crippen molar-refractivity contribution < 1.29 is 23.5 Å². The first kappa shape index (κ1) is 29.5. The summed E-state index contributed by atoms with van der Waals surface area (Å²) in [5.41, 5.74) is 2.87. The number of carbonyl (C=O) groups excluding carboxylic acids is 3. The first-order valence-electron chi connectivity index (χ1n) is 14.2. The molecule has 1 heterocycles. The molecule has 8 nitrogen and oxygen atoms in total. The van der Waals surface area contributed by atoms with Crippen LogP contribution < -0.4 is 20.7 Å². The van der Waals surface area contributed by atoms with Crippen molar-refractivity contribution in [1.29, 1.82) is 0 Å². The highest BCUT2D eigenvalue weighted by atomic mass is 19.1. The van der Waals surface area contributed by atoms with E-state index in [1.807, 2.05) is 38.1 Å². The third-order valence-electron chi connectivity index (χ3n) is 7.77. The monoisotopic (exact) mass is 552 g/mol. The zero-order valence-corrected chi connectivity index (χ0v) is 23.8. The molecule has 2 aromatic carbocycles. The largest absolute Gasteiger partial charge is 0.489 e. The van der Waals surface area contributed by atoms with Crippen LogP contribution in [0.1, 0.15) is 49.8 Å². The van der Waals surface area contributed by atoms with E-state index in [1.54, 1.807) is 20.0 Å². The van der Waals surface area contributed by atoms with Crippen molar-refractivity contribution in [3.63, 3.8) is 0 Å². The number of aryl methyl sites for hydroxylation is 2. The summed E-state index contributed by atoms with van der Waals surface area (Å²) in [5, 5.41) is 9.19. The predicted molar refractivity (Wildman–Crippen MR) is 151 cm³/mol. The number of likely N-dealkylation sites (N-methyl/N-ethyl adjacent to an activating group) is 1. The maximum absolute atomic E-state index is 14.1. The van der Waals surface area contributed by atoms with Crippen molar-refractivity contribution in [3.05, 3.63) is 65.0 Å². The Morgan fingerprint density at radius 2 is 1.75 bits per heavy atom. The van der Waals surface area contributed by atoms with Crippen LogP contribution in [-0.2, 0) is 27.2 Å². The predicted octanol–water partition coefficient (Wildman–Crippen LogP) is 2.91. The summed E-state index contributed by atoms with van der Waals surface area (Å²) in [4.78, 5) is 41.5. The zero-order valence-electron chi connectivity index (χ0n) is 23.8. The van der Waals surface area contributed by atoms with E-state index in [-0.39, 0.29) is 35.6 Å². The van der Waals surface area contributed by atoms with Crippen molar-refractivity contribution in [1.82, 2.24) is 20.9 Å². The highest BCUT2D eigenvalue weighted by Gasteiger charge is 2.39. The second-order valence-corrected chi connectivity index (χ2v) is 11.2. The number of amides is 3. The summed E-state index contributed by atoms with van der Waals surface area (Å²) < 4.78 is 20.2. The third kappa shape index (κ3) is 7.81. The summed E-state index contributed by atoms with van der Waals surface area (Å²) >= 11 is 0. The van der Waals surface area contributed by atoms with Crippen molar-refractivity contribution in [2.75, 3.05) is 20.1 Å². The Kier molecular flexibility index (Phi) is 9.79. The molecule has 1 aliphatic carbocycles. The molecule has 1 aliphatic heterocycles. The van der Waals surface area contributed by atoms with Crippen LogP contribution in [0.25, 0.3) is 0 Å².